The Kier molecular flexibility index (Phi) is 2.19. The van der Waals surface area contributed by atoms with Crippen molar-refractivity contribution in [2.75, 3.05) is 0 Å². The molecule has 0 atom stereocenters. The lowest BCUT2D eigenvalue weighted by Gasteiger charge is -2.23. The molecular formula is C10H12N2O2. The fourth-order valence-corrected chi connectivity index (χ4v) is 1.54. The fourth-order valence-electron chi connectivity index (χ4n) is 1.54. The van der Waals surface area contributed by atoms with Gasteiger partial charge in [0.05, 0.1) is 0 Å². The van der Waals surface area contributed by atoms with Gasteiger partial charge in [-0.25, -0.2) is 14.8 Å². The van der Waals surface area contributed by atoms with Crippen molar-refractivity contribution in [3.8, 4) is 0 Å². The Labute approximate surface area is 82.0 Å². The molecule has 1 saturated carbocycles. The molecule has 0 amide bonds. The van der Waals surface area contributed by atoms with Gasteiger partial charge in [0.1, 0.15) is 5.82 Å². The molecule has 0 aromatic carbocycles. The molecule has 74 valence electrons. The summed E-state index contributed by atoms with van der Waals surface area (Å²) in [5, 5.41) is 8.87. The Morgan fingerprint density at radius 1 is 1.57 bits per heavy atom. The van der Waals surface area contributed by atoms with E-state index in [0.29, 0.717) is 17.3 Å². The summed E-state index contributed by atoms with van der Waals surface area (Å²) in [5.74, 6) is 0.110. The van der Waals surface area contributed by atoms with E-state index in [0.717, 1.165) is 12.8 Å². The number of carboxylic acid groups (broad SMARTS) is 1. The molecule has 1 N–H and O–H groups in total. The number of hydrogen-bond donors (Lipinski definition) is 1. The normalized spacial score (nSPS) is 16.4. The second kappa shape index (κ2) is 3.36. The molecule has 0 unspecified atom stereocenters. The van der Waals surface area contributed by atoms with Crippen LogP contribution < -0.4 is 0 Å². The Balaban J connectivity index is 2.34. The predicted molar refractivity (Wildman–Crippen MR) is 50.3 cm³/mol. The number of aromatic carboxylic acids is 1. The van der Waals surface area contributed by atoms with Crippen LogP contribution in [-0.2, 0) is 0 Å². The van der Waals surface area contributed by atoms with Crippen molar-refractivity contribution in [3.63, 3.8) is 0 Å². The number of carboxylic acids is 1. The van der Waals surface area contributed by atoms with Crippen molar-refractivity contribution in [2.45, 2.75) is 32.1 Å². The number of carbonyl (C=O) groups is 1. The van der Waals surface area contributed by atoms with Gasteiger partial charge in [0.2, 0.25) is 0 Å². The standard InChI is InChI=1S/C10H12N2O2/c1-6-5-11-9(7-3-2-4-7)12-8(6)10(13)14/h5,7H,2-4H2,1H3,(H,13,14). The highest BCUT2D eigenvalue weighted by atomic mass is 16.4. The van der Waals surface area contributed by atoms with Crippen LogP contribution in [0.5, 0.6) is 0 Å². The molecule has 1 aliphatic rings. The van der Waals surface area contributed by atoms with Crippen LogP contribution in [0.15, 0.2) is 6.20 Å². The first kappa shape index (κ1) is 9.12. The number of rotatable bonds is 2. The van der Waals surface area contributed by atoms with Crippen LogP contribution in [0.1, 0.15) is 47.1 Å². The molecule has 1 aliphatic carbocycles. The zero-order chi connectivity index (χ0) is 10.1. The van der Waals surface area contributed by atoms with E-state index in [1.165, 1.54) is 6.42 Å². The lowest BCUT2D eigenvalue weighted by Crippen LogP contribution is -2.15. The molecule has 1 aromatic rings. The molecule has 1 fully saturated rings. The second-order valence-electron chi connectivity index (χ2n) is 3.69. The van der Waals surface area contributed by atoms with Crippen molar-refractivity contribution in [1.82, 2.24) is 9.97 Å². The minimum atomic E-state index is -0.967. The molecule has 2 rings (SSSR count). The van der Waals surface area contributed by atoms with Gasteiger partial charge in [-0.1, -0.05) is 6.42 Å². The summed E-state index contributed by atoms with van der Waals surface area (Å²) in [6.07, 6.45) is 4.97. The monoisotopic (exact) mass is 192 g/mol. The fraction of sp³-hybridized carbons (Fsp3) is 0.500. The van der Waals surface area contributed by atoms with E-state index in [9.17, 15) is 4.79 Å². The minimum absolute atomic E-state index is 0.141. The highest BCUT2D eigenvalue weighted by Gasteiger charge is 2.23. The first-order valence-corrected chi connectivity index (χ1v) is 4.75. The lowest BCUT2D eigenvalue weighted by molar-refractivity contribution is 0.0688. The molecule has 0 saturated heterocycles. The van der Waals surface area contributed by atoms with Crippen molar-refractivity contribution in [1.29, 1.82) is 0 Å². The maximum Gasteiger partial charge on any atom is 0.354 e. The highest BCUT2D eigenvalue weighted by molar-refractivity contribution is 5.86. The lowest BCUT2D eigenvalue weighted by atomic mass is 9.85. The average Bonchev–Trinajstić information content (AvgIpc) is 2.04. The van der Waals surface area contributed by atoms with Gasteiger partial charge in [0, 0.05) is 17.7 Å². The zero-order valence-corrected chi connectivity index (χ0v) is 8.03. The Bertz CT molecular complexity index is 372. The largest absolute Gasteiger partial charge is 0.477 e. The summed E-state index contributed by atoms with van der Waals surface area (Å²) in [5.41, 5.74) is 0.766. The van der Waals surface area contributed by atoms with Crippen molar-refractivity contribution >= 4 is 5.97 Å². The topological polar surface area (TPSA) is 63.1 Å². The van der Waals surface area contributed by atoms with Crippen molar-refractivity contribution in [2.24, 2.45) is 0 Å². The molecule has 0 aliphatic heterocycles. The maximum atomic E-state index is 10.8. The van der Waals surface area contributed by atoms with E-state index in [4.69, 9.17) is 5.11 Å². The summed E-state index contributed by atoms with van der Waals surface area (Å²) in [6.45, 7) is 1.72. The van der Waals surface area contributed by atoms with E-state index in [2.05, 4.69) is 9.97 Å². The smallest absolute Gasteiger partial charge is 0.354 e. The number of nitrogens with zero attached hydrogens (tertiary/aromatic N) is 2. The van der Waals surface area contributed by atoms with E-state index >= 15 is 0 Å². The van der Waals surface area contributed by atoms with Gasteiger partial charge >= 0.3 is 5.97 Å². The van der Waals surface area contributed by atoms with Gasteiger partial charge in [-0.3, -0.25) is 0 Å². The van der Waals surface area contributed by atoms with Gasteiger partial charge < -0.3 is 5.11 Å². The van der Waals surface area contributed by atoms with Crippen molar-refractivity contribution < 1.29 is 9.90 Å². The molecular weight excluding hydrogens is 180 g/mol. The van der Waals surface area contributed by atoms with Gasteiger partial charge in [0.25, 0.3) is 0 Å². The average molecular weight is 192 g/mol. The molecule has 0 radical (unpaired) electrons. The number of hydrogen-bond acceptors (Lipinski definition) is 3. The maximum absolute atomic E-state index is 10.8. The molecule has 0 bridgehead atoms. The highest BCUT2D eigenvalue weighted by Crippen LogP contribution is 2.34. The summed E-state index contributed by atoms with van der Waals surface area (Å²) in [7, 11) is 0. The minimum Gasteiger partial charge on any atom is -0.477 e. The van der Waals surface area contributed by atoms with Crippen LogP contribution in [0, 0.1) is 6.92 Å². The third-order valence-electron chi connectivity index (χ3n) is 2.66. The molecule has 1 heterocycles. The van der Waals surface area contributed by atoms with Gasteiger partial charge in [-0.15, -0.1) is 0 Å². The first-order valence-electron chi connectivity index (χ1n) is 4.75. The van der Waals surface area contributed by atoms with E-state index < -0.39 is 5.97 Å². The molecule has 0 spiro atoms. The molecule has 4 heteroatoms. The van der Waals surface area contributed by atoms with Crippen LogP contribution in [0.25, 0.3) is 0 Å². The van der Waals surface area contributed by atoms with Crippen LogP contribution in [0.4, 0.5) is 0 Å². The summed E-state index contributed by atoms with van der Waals surface area (Å²) < 4.78 is 0. The molecule has 14 heavy (non-hydrogen) atoms. The Hall–Kier alpha value is -1.45. The van der Waals surface area contributed by atoms with Crippen LogP contribution >= 0.6 is 0 Å². The second-order valence-corrected chi connectivity index (χ2v) is 3.69. The van der Waals surface area contributed by atoms with E-state index in [-0.39, 0.29) is 5.69 Å². The van der Waals surface area contributed by atoms with Crippen molar-refractivity contribution in [3.05, 3.63) is 23.3 Å². The zero-order valence-electron chi connectivity index (χ0n) is 8.03. The quantitative estimate of drug-likeness (QED) is 0.775. The Morgan fingerprint density at radius 3 is 2.79 bits per heavy atom. The number of aryl methyl sites for hydroxylation is 1. The molecule has 1 aromatic heterocycles. The van der Waals surface area contributed by atoms with E-state index in [1.807, 2.05) is 0 Å². The summed E-state index contributed by atoms with van der Waals surface area (Å²) in [4.78, 5) is 19.1. The van der Waals surface area contributed by atoms with Crippen LogP contribution in [0.2, 0.25) is 0 Å². The SMILES string of the molecule is Cc1cnc(C2CCC2)nc1C(=O)O. The van der Waals surface area contributed by atoms with Gasteiger partial charge in [0.15, 0.2) is 5.69 Å². The van der Waals surface area contributed by atoms with Gasteiger partial charge in [-0.2, -0.15) is 0 Å². The summed E-state index contributed by atoms with van der Waals surface area (Å²) in [6, 6.07) is 0. The van der Waals surface area contributed by atoms with Crippen LogP contribution in [-0.4, -0.2) is 21.0 Å². The van der Waals surface area contributed by atoms with E-state index in [1.54, 1.807) is 13.1 Å². The third-order valence-corrected chi connectivity index (χ3v) is 2.66. The number of aromatic nitrogens is 2. The van der Waals surface area contributed by atoms with Gasteiger partial charge in [-0.05, 0) is 19.8 Å². The Morgan fingerprint density at radius 2 is 2.29 bits per heavy atom. The molecule has 4 nitrogen and oxygen atoms in total. The first-order chi connectivity index (χ1) is 6.68. The summed E-state index contributed by atoms with van der Waals surface area (Å²) >= 11 is 0. The van der Waals surface area contributed by atoms with Crippen LogP contribution in [0.3, 0.4) is 0 Å². The third kappa shape index (κ3) is 1.47. The predicted octanol–water partition coefficient (Wildman–Crippen LogP) is 1.75.